The molecule has 0 N–H and O–H groups in total. The molecule has 1 heterocycles. The molecule has 1 aromatic rings. The van der Waals surface area contributed by atoms with Gasteiger partial charge in [0.2, 0.25) is 0 Å². The van der Waals surface area contributed by atoms with Crippen molar-refractivity contribution in [3.05, 3.63) is 123 Å². The van der Waals surface area contributed by atoms with Crippen LogP contribution in [0.5, 0.6) is 18.0 Å². The van der Waals surface area contributed by atoms with E-state index in [0.717, 1.165) is 56.3 Å². The minimum atomic E-state index is 0.120. The smallest absolute Gasteiger partial charge is 0.331 e. The molecule has 6 atom stereocenters. The average Bonchev–Trinajstić information content (AvgIpc) is 3.86. The van der Waals surface area contributed by atoms with E-state index in [9.17, 15) is 0 Å². The molecule has 1 aromatic heterocycles. The van der Waals surface area contributed by atoms with Gasteiger partial charge in [0.25, 0.3) is 0 Å². The van der Waals surface area contributed by atoms with Crippen LogP contribution in [0.3, 0.4) is 0 Å². The summed E-state index contributed by atoms with van der Waals surface area (Å²) in [5.41, 5.74) is 21.1. The zero-order valence-corrected chi connectivity index (χ0v) is 37.5. The van der Waals surface area contributed by atoms with Crippen LogP contribution in [0, 0.1) is 50.2 Å². The Balaban J connectivity index is 0.882. The van der Waals surface area contributed by atoms with Gasteiger partial charge in [0.15, 0.2) is 0 Å². The first-order chi connectivity index (χ1) is 28.5. The van der Waals surface area contributed by atoms with E-state index in [1.54, 1.807) is 0 Å². The zero-order chi connectivity index (χ0) is 41.9. The van der Waals surface area contributed by atoms with Crippen molar-refractivity contribution in [2.75, 3.05) is 0 Å². The molecule has 0 radical (unpaired) electrons. The van der Waals surface area contributed by atoms with Gasteiger partial charge in [-0.05, 0) is 180 Å². The van der Waals surface area contributed by atoms with Crippen LogP contribution < -0.4 is 14.2 Å². The fourth-order valence-corrected chi connectivity index (χ4v) is 12.9. The molecule has 6 saturated carbocycles. The predicted octanol–water partition coefficient (Wildman–Crippen LogP) is 13.4. The monoisotopic (exact) mass is 801 g/mol. The minimum Gasteiger partial charge on any atom is -0.424 e. The number of ether oxygens (including phenoxy) is 3. The van der Waals surface area contributed by atoms with Crippen LogP contribution in [-0.4, -0.2) is 15.0 Å². The summed E-state index contributed by atoms with van der Waals surface area (Å²) in [6, 6.07) is 0.360. The fraction of sp³-hybridized carbons (Fsp3) is 0.556. The molecule has 9 aliphatic rings. The molecule has 6 nitrogen and oxygen atoms in total. The van der Waals surface area contributed by atoms with Gasteiger partial charge in [-0.1, -0.05) is 62.3 Å². The van der Waals surface area contributed by atoms with Gasteiger partial charge < -0.3 is 14.2 Å². The van der Waals surface area contributed by atoms with E-state index >= 15 is 0 Å². The van der Waals surface area contributed by atoms with Crippen LogP contribution in [-0.2, 0) is 0 Å². The van der Waals surface area contributed by atoms with E-state index in [4.69, 9.17) is 14.2 Å². The Kier molecular flexibility index (Phi) is 9.03. The lowest BCUT2D eigenvalue weighted by atomic mass is 9.69. The molecule has 0 aromatic carbocycles. The normalized spacial score (nSPS) is 34.8. The van der Waals surface area contributed by atoms with Gasteiger partial charge in [0.05, 0.1) is 0 Å². The molecular weight excluding hydrogens is 739 g/mol. The molecule has 6 heteroatoms. The highest BCUT2D eigenvalue weighted by Gasteiger charge is 2.60. The maximum Gasteiger partial charge on any atom is 0.331 e. The molecule has 6 bridgehead atoms. The van der Waals surface area contributed by atoms with Crippen LogP contribution in [0.25, 0.3) is 0 Å². The standard InChI is InChI=1S/C54H63N3O3/c1-49(2)37-22-25-52(49,7)40(31-37)28-34-10-16-43(17-11-34)58-46-55-47(59-44-18-12-35(13-19-44)29-41-32-38-23-26-53(41,8)50(38,3)4)57-48(56-46)60-45-20-14-36(15-21-45)30-42-33-39-24-27-54(42,9)51(39,5)6/h10,12,14,16-21,37-39H,11,13,15,22-27,31-33H2,1-9H3. The summed E-state index contributed by atoms with van der Waals surface area (Å²) in [5.74, 6) is 4.26. The third-order valence-corrected chi connectivity index (χ3v) is 18.7. The van der Waals surface area contributed by atoms with Crippen LogP contribution in [0.2, 0.25) is 0 Å². The van der Waals surface area contributed by atoms with Crippen molar-refractivity contribution >= 4 is 0 Å². The molecule has 9 aliphatic carbocycles. The van der Waals surface area contributed by atoms with Gasteiger partial charge in [0, 0.05) is 35.5 Å². The Morgan fingerprint density at radius 2 is 0.717 bits per heavy atom. The van der Waals surface area contributed by atoms with Crippen LogP contribution >= 0.6 is 0 Å². The Morgan fingerprint density at radius 1 is 0.433 bits per heavy atom. The van der Waals surface area contributed by atoms with Gasteiger partial charge in [-0.15, -0.1) is 32.1 Å². The van der Waals surface area contributed by atoms with Crippen molar-refractivity contribution in [1.29, 1.82) is 0 Å². The highest BCUT2D eigenvalue weighted by molar-refractivity contribution is 5.41. The highest BCUT2D eigenvalue weighted by Crippen LogP contribution is 2.69. The minimum absolute atomic E-state index is 0.120. The Hall–Kier alpha value is -4.59. The molecule has 0 aliphatic heterocycles. The second-order valence-corrected chi connectivity index (χ2v) is 21.8. The number of hydrogen-bond donors (Lipinski definition) is 0. The van der Waals surface area contributed by atoms with Crippen LogP contribution in [0.15, 0.2) is 123 Å². The van der Waals surface area contributed by atoms with Crippen molar-refractivity contribution in [1.82, 2.24) is 15.0 Å². The highest BCUT2D eigenvalue weighted by atomic mass is 16.5. The summed E-state index contributed by atoms with van der Waals surface area (Å²) in [4.78, 5) is 13.9. The number of fused-ring (bicyclic) bond motifs is 6. The Bertz CT molecular complexity index is 2190. The number of aromatic nitrogens is 3. The van der Waals surface area contributed by atoms with Crippen molar-refractivity contribution in [2.24, 2.45) is 50.2 Å². The number of hydrogen-bond acceptors (Lipinski definition) is 6. The molecule has 60 heavy (non-hydrogen) atoms. The number of rotatable bonds is 6. The molecule has 0 saturated heterocycles. The quantitative estimate of drug-likeness (QED) is 0.267. The lowest BCUT2D eigenvalue weighted by Crippen LogP contribution is -2.27. The van der Waals surface area contributed by atoms with Crippen LogP contribution in [0.1, 0.15) is 139 Å². The van der Waals surface area contributed by atoms with Crippen molar-refractivity contribution in [3.63, 3.8) is 0 Å². The second-order valence-electron chi connectivity index (χ2n) is 21.8. The lowest BCUT2D eigenvalue weighted by molar-refractivity contribution is 0.179. The van der Waals surface area contributed by atoms with E-state index < -0.39 is 0 Å². The average molecular weight is 802 g/mol. The second kappa shape index (κ2) is 13.7. The molecule has 0 spiro atoms. The van der Waals surface area contributed by atoms with E-state index in [2.05, 4.69) is 131 Å². The topological polar surface area (TPSA) is 66.4 Å². The van der Waals surface area contributed by atoms with Gasteiger partial charge in [-0.3, -0.25) is 0 Å². The maximum atomic E-state index is 6.31. The van der Waals surface area contributed by atoms with Crippen LogP contribution in [0.4, 0.5) is 0 Å². The Morgan fingerprint density at radius 3 is 0.917 bits per heavy atom. The first kappa shape index (κ1) is 39.5. The van der Waals surface area contributed by atoms with Gasteiger partial charge in [-0.2, -0.15) is 0 Å². The molecule has 10 rings (SSSR count). The van der Waals surface area contributed by atoms with E-state index in [-0.39, 0.29) is 34.3 Å². The first-order valence-electron chi connectivity index (χ1n) is 22.9. The van der Waals surface area contributed by atoms with E-state index in [1.807, 2.05) is 18.2 Å². The summed E-state index contributed by atoms with van der Waals surface area (Å²) in [6.07, 6.45) is 31.9. The summed E-state index contributed by atoms with van der Waals surface area (Å²) >= 11 is 0. The van der Waals surface area contributed by atoms with E-state index in [1.165, 1.54) is 72.0 Å². The largest absolute Gasteiger partial charge is 0.424 e. The van der Waals surface area contributed by atoms with Crippen molar-refractivity contribution < 1.29 is 14.2 Å². The summed E-state index contributed by atoms with van der Waals surface area (Å²) < 4.78 is 18.9. The van der Waals surface area contributed by atoms with E-state index in [0.29, 0.717) is 33.5 Å². The van der Waals surface area contributed by atoms with Gasteiger partial charge >= 0.3 is 18.0 Å². The molecule has 6 unspecified atom stereocenters. The first-order valence-corrected chi connectivity index (χ1v) is 22.9. The third-order valence-electron chi connectivity index (χ3n) is 18.7. The van der Waals surface area contributed by atoms with Crippen molar-refractivity contribution in [2.45, 2.75) is 139 Å². The molecule has 6 fully saturated rings. The lowest BCUT2D eigenvalue weighted by Gasteiger charge is -2.34. The fourth-order valence-electron chi connectivity index (χ4n) is 12.9. The maximum absolute atomic E-state index is 6.31. The SMILES string of the molecule is CC12CCC(CC1=C=C1C=CC(Oc3nc(OC4=CCC(=C=C5CC6CCC5(C)C6(C)C)C=C4)nc(OC4=CCC(=C=C5CC6CCC5(C)C6(C)C)C=C4)n3)=CC1)C2(C)C. The molecule has 312 valence electrons. The molecule has 0 amide bonds. The number of nitrogens with zero attached hydrogens (tertiary/aromatic N) is 3. The summed E-state index contributed by atoms with van der Waals surface area (Å²) in [6.45, 7) is 22.0. The third kappa shape index (κ3) is 6.15. The zero-order valence-electron chi connectivity index (χ0n) is 37.5. The van der Waals surface area contributed by atoms with Gasteiger partial charge in [0.1, 0.15) is 17.3 Å². The van der Waals surface area contributed by atoms with Gasteiger partial charge in [-0.25, -0.2) is 0 Å². The summed E-state index contributed by atoms with van der Waals surface area (Å²) in [7, 11) is 0. The van der Waals surface area contributed by atoms with Crippen molar-refractivity contribution in [3.8, 4) is 18.0 Å². The predicted molar refractivity (Wildman–Crippen MR) is 237 cm³/mol. The Labute approximate surface area is 358 Å². The molecular formula is C54H63N3O3. The number of allylic oxidation sites excluding steroid dienone is 12. The summed E-state index contributed by atoms with van der Waals surface area (Å²) in [5, 5.41) is 0.